The molecule has 0 fully saturated rings. The van der Waals surface area contributed by atoms with E-state index in [0.717, 1.165) is 4.47 Å². The minimum atomic E-state index is -0.367. The van der Waals surface area contributed by atoms with Gasteiger partial charge < -0.3 is 5.73 Å². The summed E-state index contributed by atoms with van der Waals surface area (Å²) in [6.45, 7) is 1.74. The number of fused-ring (bicyclic) bond motifs is 1. The molecular weight excluding hydrogens is 258 g/mol. The van der Waals surface area contributed by atoms with Crippen LogP contribution in [0.2, 0.25) is 0 Å². The fraction of sp³-hybridized carbons (Fsp3) is 0.200. The first-order chi connectivity index (χ1) is 7.11. The van der Waals surface area contributed by atoms with Gasteiger partial charge in [0.05, 0.1) is 23.4 Å². The second-order valence-electron chi connectivity index (χ2n) is 3.33. The van der Waals surface area contributed by atoms with Gasteiger partial charge in [-0.2, -0.15) is 0 Å². The Bertz CT molecular complexity index is 562. The number of hydrogen-bond acceptors (Lipinski definition) is 3. The molecule has 0 saturated carbocycles. The van der Waals surface area contributed by atoms with Gasteiger partial charge in [-0.1, -0.05) is 6.07 Å². The molecule has 2 aromatic rings. The zero-order valence-electron chi connectivity index (χ0n) is 8.14. The van der Waals surface area contributed by atoms with E-state index in [9.17, 15) is 4.79 Å². The van der Waals surface area contributed by atoms with E-state index in [4.69, 9.17) is 5.73 Å². The van der Waals surface area contributed by atoms with Crippen LogP contribution in [0.3, 0.4) is 0 Å². The quantitative estimate of drug-likeness (QED) is 0.855. The van der Waals surface area contributed by atoms with Gasteiger partial charge in [0, 0.05) is 4.47 Å². The molecule has 0 aliphatic rings. The van der Waals surface area contributed by atoms with E-state index >= 15 is 0 Å². The van der Waals surface area contributed by atoms with E-state index in [1.54, 1.807) is 19.1 Å². The highest BCUT2D eigenvalue weighted by atomic mass is 79.9. The van der Waals surface area contributed by atoms with Crippen LogP contribution < -0.4 is 11.3 Å². The molecule has 0 aliphatic carbocycles. The molecule has 1 heterocycles. The molecule has 2 rings (SSSR count). The summed E-state index contributed by atoms with van der Waals surface area (Å²) in [6.07, 6.45) is 1.11. The van der Waals surface area contributed by atoms with E-state index in [1.165, 1.54) is 10.9 Å². The standard InChI is InChI=1S/C10H10BrN3O/c1-6(12)14-5-13-9-7(10(14)15)3-2-4-8(9)11/h2-6H,12H2,1H3. The smallest absolute Gasteiger partial charge is 0.262 e. The van der Waals surface area contributed by atoms with E-state index in [1.807, 2.05) is 6.07 Å². The van der Waals surface area contributed by atoms with Crippen LogP contribution in [0.15, 0.2) is 33.8 Å². The van der Waals surface area contributed by atoms with E-state index in [0.29, 0.717) is 10.9 Å². The molecule has 2 N–H and O–H groups in total. The third-order valence-corrected chi connectivity index (χ3v) is 2.84. The maximum absolute atomic E-state index is 11.9. The third-order valence-electron chi connectivity index (χ3n) is 2.20. The van der Waals surface area contributed by atoms with Crippen molar-refractivity contribution in [2.45, 2.75) is 13.1 Å². The van der Waals surface area contributed by atoms with Gasteiger partial charge in [0.15, 0.2) is 0 Å². The van der Waals surface area contributed by atoms with Gasteiger partial charge >= 0.3 is 0 Å². The first kappa shape index (κ1) is 10.3. The normalized spacial score (nSPS) is 13.0. The summed E-state index contributed by atoms with van der Waals surface area (Å²) < 4.78 is 2.23. The summed E-state index contributed by atoms with van der Waals surface area (Å²) in [4.78, 5) is 16.1. The van der Waals surface area contributed by atoms with Crippen molar-refractivity contribution in [1.29, 1.82) is 0 Å². The lowest BCUT2D eigenvalue weighted by Gasteiger charge is -2.09. The molecule has 1 unspecified atom stereocenters. The average Bonchev–Trinajstić information content (AvgIpc) is 2.19. The van der Waals surface area contributed by atoms with Crippen molar-refractivity contribution in [3.63, 3.8) is 0 Å². The zero-order chi connectivity index (χ0) is 11.0. The molecule has 0 bridgehead atoms. The maximum atomic E-state index is 11.9. The fourth-order valence-electron chi connectivity index (χ4n) is 1.42. The van der Waals surface area contributed by atoms with Crippen molar-refractivity contribution in [1.82, 2.24) is 9.55 Å². The van der Waals surface area contributed by atoms with E-state index in [-0.39, 0.29) is 11.7 Å². The summed E-state index contributed by atoms with van der Waals surface area (Å²) in [5.41, 5.74) is 6.21. The minimum absolute atomic E-state index is 0.115. The van der Waals surface area contributed by atoms with E-state index in [2.05, 4.69) is 20.9 Å². The lowest BCUT2D eigenvalue weighted by Crippen LogP contribution is -2.28. The first-order valence-electron chi connectivity index (χ1n) is 4.52. The minimum Gasteiger partial charge on any atom is -0.311 e. The zero-order valence-corrected chi connectivity index (χ0v) is 9.73. The molecule has 0 aliphatic heterocycles. The van der Waals surface area contributed by atoms with Crippen LogP contribution in [0.4, 0.5) is 0 Å². The van der Waals surface area contributed by atoms with Crippen molar-refractivity contribution in [2.24, 2.45) is 5.73 Å². The highest BCUT2D eigenvalue weighted by Gasteiger charge is 2.07. The largest absolute Gasteiger partial charge is 0.311 e. The van der Waals surface area contributed by atoms with Crippen LogP contribution in [-0.2, 0) is 0 Å². The van der Waals surface area contributed by atoms with Crippen molar-refractivity contribution in [3.05, 3.63) is 39.4 Å². The molecule has 15 heavy (non-hydrogen) atoms. The van der Waals surface area contributed by atoms with Crippen LogP contribution in [0.1, 0.15) is 13.1 Å². The Kier molecular flexibility index (Phi) is 2.58. The number of para-hydroxylation sites is 1. The number of rotatable bonds is 1. The molecular formula is C10H10BrN3O. The molecule has 0 saturated heterocycles. The van der Waals surface area contributed by atoms with Crippen molar-refractivity contribution < 1.29 is 0 Å². The lowest BCUT2D eigenvalue weighted by atomic mass is 10.2. The summed E-state index contributed by atoms with van der Waals surface area (Å²) in [5, 5.41) is 0.573. The molecule has 1 aromatic carbocycles. The highest BCUT2D eigenvalue weighted by molar-refractivity contribution is 9.10. The molecule has 1 atom stereocenters. The summed E-state index contributed by atoms with van der Waals surface area (Å²) in [6, 6.07) is 5.40. The van der Waals surface area contributed by atoms with Gasteiger partial charge in [-0.05, 0) is 35.0 Å². The number of aromatic nitrogens is 2. The van der Waals surface area contributed by atoms with Crippen molar-refractivity contribution in [3.8, 4) is 0 Å². The lowest BCUT2D eigenvalue weighted by molar-refractivity contribution is 0.547. The van der Waals surface area contributed by atoms with Crippen LogP contribution >= 0.6 is 15.9 Å². The Morgan fingerprint density at radius 3 is 2.93 bits per heavy atom. The van der Waals surface area contributed by atoms with Crippen LogP contribution in [-0.4, -0.2) is 9.55 Å². The number of benzene rings is 1. The predicted octanol–water partition coefficient (Wildman–Crippen LogP) is 1.64. The topological polar surface area (TPSA) is 60.9 Å². The van der Waals surface area contributed by atoms with Gasteiger partial charge in [0.2, 0.25) is 0 Å². The van der Waals surface area contributed by atoms with E-state index < -0.39 is 0 Å². The Balaban J connectivity index is 2.86. The Hall–Kier alpha value is -1.20. The number of hydrogen-bond donors (Lipinski definition) is 1. The Labute approximate surface area is 94.9 Å². The van der Waals surface area contributed by atoms with Gasteiger partial charge in [0.1, 0.15) is 0 Å². The maximum Gasteiger partial charge on any atom is 0.262 e. The van der Waals surface area contributed by atoms with Crippen LogP contribution in [0.25, 0.3) is 10.9 Å². The fourth-order valence-corrected chi connectivity index (χ4v) is 1.89. The summed E-state index contributed by atoms with van der Waals surface area (Å²) in [7, 11) is 0. The number of nitrogens with two attached hydrogens (primary N) is 1. The SMILES string of the molecule is CC(N)n1cnc2c(Br)cccc2c1=O. The average molecular weight is 268 g/mol. The second-order valence-corrected chi connectivity index (χ2v) is 4.19. The first-order valence-corrected chi connectivity index (χ1v) is 5.31. The summed E-state index contributed by atoms with van der Waals surface area (Å²) >= 11 is 3.35. The Morgan fingerprint density at radius 2 is 2.27 bits per heavy atom. The predicted molar refractivity (Wildman–Crippen MR) is 62.6 cm³/mol. The summed E-state index contributed by atoms with van der Waals surface area (Å²) in [5.74, 6) is 0. The molecule has 4 nitrogen and oxygen atoms in total. The third kappa shape index (κ3) is 1.68. The van der Waals surface area contributed by atoms with Gasteiger partial charge in [-0.3, -0.25) is 9.36 Å². The number of halogens is 1. The van der Waals surface area contributed by atoms with Gasteiger partial charge in [-0.25, -0.2) is 4.98 Å². The second kappa shape index (κ2) is 3.75. The monoisotopic (exact) mass is 267 g/mol. The van der Waals surface area contributed by atoms with Crippen molar-refractivity contribution >= 4 is 26.8 Å². The highest BCUT2D eigenvalue weighted by Crippen LogP contribution is 2.18. The van der Waals surface area contributed by atoms with Crippen LogP contribution in [0, 0.1) is 0 Å². The molecule has 78 valence electrons. The van der Waals surface area contributed by atoms with Crippen LogP contribution in [0.5, 0.6) is 0 Å². The Morgan fingerprint density at radius 1 is 1.53 bits per heavy atom. The molecule has 1 aromatic heterocycles. The van der Waals surface area contributed by atoms with Gasteiger partial charge in [-0.15, -0.1) is 0 Å². The van der Waals surface area contributed by atoms with Crippen molar-refractivity contribution in [2.75, 3.05) is 0 Å². The molecule has 0 amide bonds. The number of nitrogens with zero attached hydrogens (tertiary/aromatic N) is 2. The van der Waals surface area contributed by atoms with Gasteiger partial charge in [0.25, 0.3) is 5.56 Å². The molecule has 5 heteroatoms. The molecule has 0 spiro atoms. The molecule has 0 radical (unpaired) electrons.